The first-order chi connectivity index (χ1) is 21.2. The summed E-state index contributed by atoms with van der Waals surface area (Å²) >= 11 is 16.5. The van der Waals surface area contributed by atoms with Crippen LogP contribution in [0.3, 0.4) is 0 Å². The van der Waals surface area contributed by atoms with Gasteiger partial charge in [0.2, 0.25) is 11.8 Å². The first kappa shape index (κ1) is 27.0. The molecule has 0 radical (unpaired) electrons. The molecule has 9 nitrogen and oxygen atoms in total. The van der Waals surface area contributed by atoms with Crippen LogP contribution in [0.2, 0.25) is 10.0 Å². The van der Waals surface area contributed by atoms with Gasteiger partial charge in [-0.2, -0.15) is 0 Å². The first-order valence-corrected chi connectivity index (χ1v) is 14.1. The third-order valence-electron chi connectivity index (χ3n) is 6.15. The Morgan fingerprint density at radius 3 is 2.57 bits per heavy atom. The summed E-state index contributed by atoms with van der Waals surface area (Å²) in [4.78, 5) is 44.2. The van der Waals surface area contributed by atoms with Gasteiger partial charge < -0.3 is 19.9 Å². The van der Waals surface area contributed by atoms with E-state index in [0.29, 0.717) is 27.4 Å². The number of aromatic nitrogens is 2. The van der Waals surface area contributed by atoms with Gasteiger partial charge in [0.15, 0.2) is 11.4 Å². The molecule has 2 aromatic carbocycles. The Morgan fingerprint density at radius 2 is 1.88 bits per heavy atom. The first-order valence-electron chi connectivity index (χ1n) is 14.0. The summed E-state index contributed by atoms with van der Waals surface area (Å²) in [6.45, 7) is -1.88. The van der Waals surface area contributed by atoms with Gasteiger partial charge in [-0.05, 0) is 70.9 Å². The number of hydrogen-bond donors (Lipinski definition) is 1. The molecule has 2 aromatic heterocycles. The number of amides is 3. The molecule has 0 unspecified atom stereocenters. The number of rotatable bonds is 9. The zero-order valence-corrected chi connectivity index (χ0v) is 25.9. The Labute approximate surface area is 266 Å². The number of imidazole rings is 1. The molecule has 1 N–H and O–H groups in total. The van der Waals surface area contributed by atoms with E-state index in [1.165, 1.54) is 29.2 Å². The van der Waals surface area contributed by atoms with Crippen LogP contribution in [-0.4, -0.2) is 59.6 Å². The molecule has 3 amide bonds. The van der Waals surface area contributed by atoms with Crippen molar-refractivity contribution in [1.82, 2.24) is 19.6 Å². The average molecular weight is 676 g/mol. The number of likely N-dealkylation sites (N-methyl/N-ethyl adjacent to an activating group) is 1. The molecular weight excluding hydrogens is 645 g/mol. The lowest BCUT2D eigenvalue weighted by atomic mass is 10.1. The van der Waals surface area contributed by atoms with E-state index in [-0.39, 0.29) is 33.8 Å². The third-order valence-corrected chi connectivity index (χ3v) is 7.88. The fraction of sp³-hybridized carbons (Fsp3) is 0.200. The zero-order valence-electron chi connectivity index (χ0n) is 25.8. The van der Waals surface area contributed by atoms with Crippen molar-refractivity contribution in [3.05, 3.63) is 97.8 Å². The van der Waals surface area contributed by atoms with E-state index < -0.39 is 25.3 Å². The number of nitrogens with zero attached hydrogens (tertiary/aromatic N) is 4. The van der Waals surface area contributed by atoms with Crippen molar-refractivity contribution in [2.24, 2.45) is 0 Å². The van der Waals surface area contributed by atoms with E-state index >= 15 is 0 Å². The Balaban J connectivity index is 1.48. The van der Waals surface area contributed by atoms with Crippen molar-refractivity contribution in [2.45, 2.75) is 13.5 Å². The van der Waals surface area contributed by atoms with E-state index in [4.69, 9.17) is 32.1 Å². The van der Waals surface area contributed by atoms with E-state index in [9.17, 15) is 14.4 Å². The van der Waals surface area contributed by atoms with Gasteiger partial charge >= 0.3 is 0 Å². The van der Waals surface area contributed by atoms with E-state index in [1.54, 1.807) is 54.9 Å². The molecule has 0 saturated carbocycles. The Bertz CT molecular complexity index is 1790. The van der Waals surface area contributed by atoms with Crippen LogP contribution < -0.4 is 15.0 Å². The summed E-state index contributed by atoms with van der Waals surface area (Å²) in [5, 5.41) is 2.51. The molecule has 218 valence electrons. The van der Waals surface area contributed by atoms with Gasteiger partial charge in [-0.1, -0.05) is 35.3 Å². The van der Waals surface area contributed by atoms with Crippen LogP contribution in [0.5, 0.6) is 5.75 Å². The summed E-state index contributed by atoms with van der Waals surface area (Å²) in [5.74, 6) is -1.28. The number of anilines is 1. The van der Waals surface area contributed by atoms with Crippen LogP contribution in [-0.2, 0) is 16.2 Å². The Morgan fingerprint density at radius 1 is 1.14 bits per heavy atom. The molecule has 0 spiro atoms. The summed E-state index contributed by atoms with van der Waals surface area (Å²) in [5.41, 5.74) is 2.57. The summed E-state index contributed by atoms with van der Waals surface area (Å²) in [6, 6.07) is 12.8. The second-order valence-electron chi connectivity index (χ2n) is 9.30. The molecule has 42 heavy (non-hydrogen) atoms. The molecular formula is C30H28BrCl2N5O4. The minimum atomic E-state index is -2.94. The average Bonchev–Trinajstić information content (AvgIpc) is 3.28. The highest BCUT2D eigenvalue weighted by Crippen LogP contribution is 2.35. The van der Waals surface area contributed by atoms with Crippen molar-refractivity contribution in [2.75, 3.05) is 32.5 Å². The van der Waals surface area contributed by atoms with Crippen LogP contribution in [0.1, 0.15) is 31.3 Å². The van der Waals surface area contributed by atoms with Gasteiger partial charge in [0.25, 0.3) is 5.91 Å². The predicted octanol–water partition coefficient (Wildman–Crippen LogP) is 5.79. The minimum Gasteiger partial charge on any atom is -0.485 e. The number of hydrogen-bond acceptors (Lipinski definition) is 5. The van der Waals surface area contributed by atoms with Gasteiger partial charge in [-0.3, -0.25) is 18.8 Å². The van der Waals surface area contributed by atoms with Crippen LogP contribution in [0.15, 0.2) is 65.4 Å². The number of nitrogens with one attached hydrogen (secondary N) is 1. The Kier molecular flexibility index (Phi) is 8.62. The van der Waals surface area contributed by atoms with Gasteiger partial charge in [0.1, 0.15) is 11.2 Å². The Hall–Kier alpha value is -3.86. The molecule has 0 fully saturated rings. The molecule has 0 saturated heterocycles. The van der Waals surface area contributed by atoms with Gasteiger partial charge in [-0.25, -0.2) is 4.98 Å². The van der Waals surface area contributed by atoms with Gasteiger partial charge in [0.05, 0.1) is 22.9 Å². The number of carbonyl (C=O) groups is 3. The molecule has 4 rings (SSSR count). The van der Waals surface area contributed by atoms with E-state index in [0.717, 1.165) is 10.3 Å². The normalized spacial score (nSPS) is 12.5. The fourth-order valence-corrected chi connectivity index (χ4v) is 4.82. The summed E-state index contributed by atoms with van der Waals surface area (Å²) < 4.78 is 32.6. The highest BCUT2D eigenvalue weighted by Gasteiger charge is 2.20. The lowest BCUT2D eigenvalue weighted by Gasteiger charge is -2.21. The highest BCUT2D eigenvalue weighted by atomic mass is 79.9. The fourth-order valence-electron chi connectivity index (χ4n) is 3.88. The second kappa shape index (κ2) is 13.4. The topological polar surface area (TPSA) is 96.2 Å². The lowest BCUT2D eigenvalue weighted by Crippen LogP contribution is -2.37. The number of halogens is 3. The maximum Gasteiger partial charge on any atom is 0.253 e. The monoisotopic (exact) mass is 674 g/mol. The highest BCUT2D eigenvalue weighted by molar-refractivity contribution is 9.10. The molecule has 0 aliphatic rings. The smallest absolute Gasteiger partial charge is 0.253 e. The number of carbonyl (C=O) groups excluding carboxylic acids is 3. The molecule has 12 heteroatoms. The largest absolute Gasteiger partial charge is 0.485 e. The SMILES string of the molecule is [2H]C([2H])([2H])N(C(=O)CNC(=O)/C=C/c1ccc(C(=O)N(C)C)cc1)c1ccc(Cl)c(COc2cccn3c(Br)c(C)nc23)c1Cl. The van der Waals surface area contributed by atoms with E-state index in [2.05, 4.69) is 26.2 Å². The number of pyridine rings is 1. The van der Waals surface area contributed by atoms with E-state index in [1.807, 2.05) is 13.1 Å². The number of aryl methyl sites for hydroxylation is 1. The van der Waals surface area contributed by atoms with Gasteiger partial charge in [-0.15, -0.1) is 0 Å². The van der Waals surface area contributed by atoms with Gasteiger partial charge in [0, 0.05) is 53.6 Å². The summed E-state index contributed by atoms with van der Waals surface area (Å²) in [7, 11) is 3.29. The molecule has 0 aliphatic heterocycles. The van der Waals surface area contributed by atoms with Crippen molar-refractivity contribution >= 4 is 74.3 Å². The predicted molar refractivity (Wildman–Crippen MR) is 168 cm³/mol. The number of fused-ring (bicyclic) bond motifs is 1. The summed E-state index contributed by atoms with van der Waals surface area (Å²) in [6.07, 6.45) is 4.51. The maximum absolute atomic E-state index is 13.2. The molecule has 0 atom stereocenters. The van der Waals surface area contributed by atoms with Crippen LogP contribution >= 0.6 is 39.1 Å². The maximum atomic E-state index is 13.2. The van der Waals surface area contributed by atoms with Crippen LogP contribution in [0.4, 0.5) is 5.69 Å². The number of benzene rings is 2. The lowest BCUT2D eigenvalue weighted by molar-refractivity contribution is -0.122. The molecule has 2 heterocycles. The second-order valence-corrected chi connectivity index (χ2v) is 10.8. The van der Waals surface area contributed by atoms with Crippen molar-refractivity contribution in [3.8, 4) is 5.75 Å². The molecule has 0 aliphatic carbocycles. The zero-order chi connectivity index (χ0) is 33.1. The van der Waals surface area contributed by atoms with Crippen molar-refractivity contribution < 1.29 is 23.2 Å². The van der Waals surface area contributed by atoms with Crippen molar-refractivity contribution in [3.63, 3.8) is 0 Å². The quantitative estimate of drug-likeness (QED) is 0.227. The standard InChI is InChI=1S/C30H28BrCl2N5O4/c1-18-28(31)38-15-5-6-24(29(38)35-18)42-17-21-22(32)12-13-23(27(21)33)37(4)26(40)16-34-25(39)14-9-19-7-10-20(11-8-19)30(41)36(2)3/h5-15H,16-17H2,1-4H3,(H,34,39)/b14-9+/i4D3. The van der Waals surface area contributed by atoms with Crippen LogP contribution in [0, 0.1) is 6.92 Å². The van der Waals surface area contributed by atoms with Crippen molar-refractivity contribution in [1.29, 1.82) is 0 Å². The van der Waals surface area contributed by atoms with Crippen LogP contribution in [0.25, 0.3) is 11.7 Å². The number of ether oxygens (including phenoxy) is 1. The minimum absolute atomic E-state index is 0.0953. The molecule has 0 bridgehead atoms. The molecule has 4 aromatic rings. The third kappa shape index (κ3) is 6.95.